The van der Waals surface area contributed by atoms with Gasteiger partial charge in [0.1, 0.15) is 0 Å². The Bertz CT molecular complexity index is 501. The summed E-state index contributed by atoms with van der Waals surface area (Å²) in [4.78, 5) is 23.0. The lowest BCUT2D eigenvalue weighted by atomic mass is 9.93. The number of rotatable bonds is 3. The Morgan fingerprint density at radius 1 is 1.37 bits per heavy atom. The molecule has 1 fully saturated rings. The molecule has 0 aromatic heterocycles. The monoisotopic (exact) mass is 282 g/mol. The van der Waals surface area contributed by atoms with Crippen molar-refractivity contribution in [2.24, 2.45) is 0 Å². The zero-order valence-corrected chi connectivity index (χ0v) is 11.3. The molecule has 6 heteroatoms. The van der Waals surface area contributed by atoms with Crippen LogP contribution >= 0.6 is 11.6 Å². The molecule has 1 saturated carbocycles. The molecular weight excluding hydrogens is 268 g/mol. The average Bonchev–Trinajstić information content (AvgIpc) is 2.35. The summed E-state index contributed by atoms with van der Waals surface area (Å²) in [6, 6.07) is 4.57. The fourth-order valence-electron chi connectivity index (χ4n) is 1.76. The maximum absolute atomic E-state index is 11.7. The first-order valence-electron chi connectivity index (χ1n) is 6.05. The average molecular weight is 283 g/mol. The minimum atomic E-state index is -0.465. The summed E-state index contributed by atoms with van der Waals surface area (Å²) in [5.74, 6) is -0.465. The van der Waals surface area contributed by atoms with Crippen molar-refractivity contribution in [1.29, 1.82) is 0 Å². The Kier molecular flexibility index (Phi) is 4.27. The highest BCUT2D eigenvalue weighted by Crippen LogP contribution is 2.24. The molecule has 0 radical (unpaired) electrons. The van der Waals surface area contributed by atoms with Crippen LogP contribution < -0.4 is 10.6 Å². The van der Waals surface area contributed by atoms with E-state index in [1.165, 1.54) is 13.2 Å². The summed E-state index contributed by atoms with van der Waals surface area (Å²) in [5, 5.41) is 5.80. The summed E-state index contributed by atoms with van der Waals surface area (Å²) in [5.41, 5.74) is 0.809. The van der Waals surface area contributed by atoms with Crippen molar-refractivity contribution in [3.05, 3.63) is 28.8 Å². The van der Waals surface area contributed by atoms with Crippen molar-refractivity contribution >= 4 is 29.3 Å². The minimum Gasteiger partial charge on any atom is -0.465 e. The highest BCUT2D eigenvalue weighted by molar-refractivity contribution is 6.34. The summed E-state index contributed by atoms with van der Waals surface area (Å²) >= 11 is 6.01. The summed E-state index contributed by atoms with van der Waals surface area (Å²) < 4.78 is 4.59. The highest BCUT2D eigenvalue weighted by Gasteiger charge is 2.19. The number of methoxy groups -OCH3 is 1. The molecule has 0 aliphatic heterocycles. The molecule has 0 bridgehead atoms. The molecule has 19 heavy (non-hydrogen) atoms. The predicted molar refractivity (Wildman–Crippen MR) is 72.6 cm³/mol. The Labute approximate surface area is 116 Å². The van der Waals surface area contributed by atoms with Gasteiger partial charge >= 0.3 is 12.0 Å². The van der Waals surface area contributed by atoms with Crippen LogP contribution in [-0.4, -0.2) is 25.2 Å². The van der Waals surface area contributed by atoms with Crippen molar-refractivity contribution in [2.45, 2.75) is 25.3 Å². The van der Waals surface area contributed by atoms with Crippen LogP contribution in [0.1, 0.15) is 29.6 Å². The predicted octanol–water partition coefficient (Wildman–Crippen LogP) is 2.80. The molecule has 2 amide bonds. The van der Waals surface area contributed by atoms with Crippen LogP contribution in [0, 0.1) is 0 Å². The number of carbonyl (C=O) groups is 2. The Morgan fingerprint density at radius 2 is 2.11 bits per heavy atom. The Hall–Kier alpha value is -1.75. The van der Waals surface area contributed by atoms with Gasteiger partial charge < -0.3 is 15.4 Å². The normalized spacial score (nSPS) is 14.4. The highest BCUT2D eigenvalue weighted by atomic mass is 35.5. The summed E-state index contributed by atoms with van der Waals surface area (Å²) in [6.07, 6.45) is 3.18. The molecule has 0 unspecified atom stereocenters. The number of halogens is 1. The van der Waals surface area contributed by atoms with E-state index in [9.17, 15) is 9.59 Å². The van der Waals surface area contributed by atoms with Gasteiger partial charge in [0.2, 0.25) is 0 Å². The summed E-state index contributed by atoms with van der Waals surface area (Å²) in [6.45, 7) is 0. The van der Waals surface area contributed by atoms with E-state index in [0.29, 0.717) is 16.3 Å². The van der Waals surface area contributed by atoms with Gasteiger partial charge in [0.05, 0.1) is 23.4 Å². The van der Waals surface area contributed by atoms with Crippen molar-refractivity contribution in [3.8, 4) is 0 Å². The van der Waals surface area contributed by atoms with Crippen LogP contribution in [-0.2, 0) is 4.74 Å². The molecule has 0 saturated heterocycles. The maximum atomic E-state index is 11.7. The number of esters is 1. The fraction of sp³-hybridized carbons (Fsp3) is 0.385. The quantitative estimate of drug-likeness (QED) is 0.838. The van der Waals surface area contributed by atoms with Gasteiger partial charge in [-0.3, -0.25) is 0 Å². The van der Waals surface area contributed by atoms with Crippen LogP contribution in [0.2, 0.25) is 5.02 Å². The molecule has 0 spiro atoms. The van der Waals surface area contributed by atoms with E-state index in [1.54, 1.807) is 12.1 Å². The zero-order valence-electron chi connectivity index (χ0n) is 10.5. The smallest absolute Gasteiger partial charge is 0.337 e. The van der Waals surface area contributed by atoms with E-state index >= 15 is 0 Å². The number of nitrogens with one attached hydrogen (secondary N) is 2. The molecule has 0 heterocycles. The number of carbonyl (C=O) groups excluding carboxylic acids is 2. The number of anilines is 1. The molecule has 5 nitrogen and oxygen atoms in total. The van der Waals surface area contributed by atoms with E-state index in [-0.39, 0.29) is 12.1 Å². The first kappa shape index (κ1) is 13.7. The lowest BCUT2D eigenvalue weighted by Gasteiger charge is -2.26. The lowest BCUT2D eigenvalue weighted by Crippen LogP contribution is -2.41. The number of hydrogen-bond acceptors (Lipinski definition) is 3. The van der Waals surface area contributed by atoms with Crippen LogP contribution in [0.4, 0.5) is 10.5 Å². The summed E-state index contributed by atoms with van der Waals surface area (Å²) in [7, 11) is 1.30. The van der Waals surface area contributed by atoms with E-state index in [2.05, 4.69) is 15.4 Å². The van der Waals surface area contributed by atoms with Gasteiger partial charge in [-0.2, -0.15) is 0 Å². The first-order valence-corrected chi connectivity index (χ1v) is 6.43. The molecule has 0 atom stereocenters. The third-order valence-electron chi connectivity index (χ3n) is 3.08. The van der Waals surface area contributed by atoms with Crippen molar-refractivity contribution in [2.75, 3.05) is 12.4 Å². The molecule has 1 aliphatic rings. The Morgan fingerprint density at radius 3 is 2.63 bits per heavy atom. The van der Waals surface area contributed by atoms with Gasteiger partial charge in [-0.05, 0) is 37.5 Å². The largest absolute Gasteiger partial charge is 0.465 e. The van der Waals surface area contributed by atoms with Crippen LogP contribution in [0.3, 0.4) is 0 Å². The number of amides is 2. The second-order valence-corrected chi connectivity index (χ2v) is 4.82. The van der Waals surface area contributed by atoms with Crippen LogP contribution in [0.15, 0.2) is 18.2 Å². The number of urea groups is 1. The molecule has 1 aromatic rings. The van der Waals surface area contributed by atoms with Crippen molar-refractivity contribution in [3.63, 3.8) is 0 Å². The van der Waals surface area contributed by atoms with Crippen molar-refractivity contribution in [1.82, 2.24) is 5.32 Å². The Balaban J connectivity index is 2.00. The second kappa shape index (κ2) is 5.93. The van der Waals surface area contributed by atoms with E-state index in [4.69, 9.17) is 11.6 Å². The van der Waals surface area contributed by atoms with Gasteiger partial charge in [-0.15, -0.1) is 0 Å². The van der Waals surface area contributed by atoms with Crippen molar-refractivity contribution < 1.29 is 14.3 Å². The van der Waals surface area contributed by atoms with Gasteiger partial charge in [0.25, 0.3) is 0 Å². The lowest BCUT2D eigenvalue weighted by molar-refractivity contribution is 0.0601. The van der Waals surface area contributed by atoms with Crippen LogP contribution in [0.25, 0.3) is 0 Å². The number of hydrogen-bond donors (Lipinski definition) is 2. The minimum absolute atomic E-state index is 0.258. The topological polar surface area (TPSA) is 67.4 Å². The van der Waals surface area contributed by atoms with E-state index in [1.807, 2.05) is 0 Å². The molecule has 1 aromatic carbocycles. The number of benzene rings is 1. The van der Waals surface area contributed by atoms with E-state index in [0.717, 1.165) is 19.3 Å². The van der Waals surface area contributed by atoms with Crippen LogP contribution in [0.5, 0.6) is 0 Å². The zero-order chi connectivity index (χ0) is 13.8. The standard InChI is InChI=1S/C13H15ClN2O3/c1-19-12(17)8-5-6-11(10(14)7-8)16-13(18)15-9-3-2-4-9/h5-7,9H,2-4H2,1H3,(H2,15,16,18). The molecule has 102 valence electrons. The molecular formula is C13H15ClN2O3. The van der Waals surface area contributed by atoms with Gasteiger partial charge in [0.15, 0.2) is 0 Å². The van der Waals surface area contributed by atoms with E-state index < -0.39 is 5.97 Å². The fourth-order valence-corrected chi connectivity index (χ4v) is 1.99. The van der Waals surface area contributed by atoms with Gasteiger partial charge in [-0.1, -0.05) is 11.6 Å². The first-order chi connectivity index (χ1) is 9.10. The maximum Gasteiger partial charge on any atom is 0.337 e. The van der Waals surface area contributed by atoms with Gasteiger partial charge in [-0.25, -0.2) is 9.59 Å². The third kappa shape index (κ3) is 3.38. The number of ether oxygens (including phenoxy) is 1. The third-order valence-corrected chi connectivity index (χ3v) is 3.39. The van der Waals surface area contributed by atoms with Gasteiger partial charge in [0, 0.05) is 6.04 Å². The molecule has 1 aliphatic carbocycles. The SMILES string of the molecule is COC(=O)c1ccc(NC(=O)NC2CCC2)c(Cl)c1. The molecule has 2 rings (SSSR count). The molecule has 2 N–H and O–H groups in total. The second-order valence-electron chi connectivity index (χ2n) is 4.41.